The third kappa shape index (κ3) is 3.47. The van der Waals surface area contributed by atoms with Crippen molar-refractivity contribution in [3.8, 4) is 0 Å². The third-order valence-corrected chi connectivity index (χ3v) is 5.07. The predicted molar refractivity (Wildman–Crippen MR) is 96.9 cm³/mol. The lowest BCUT2D eigenvalue weighted by Gasteiger charge is -2.23. The number of amides is 1. The molecule has 0 saturated carbocycles. The largest absolute Gasteiger partial charge is 0.358 e. The van der Waals surface area contributed by atoms with Crippen molar-refractivity contribution < 1.29 is 13.6 Å². The highest BCUT2D eigenvalue weighted by Gasteiger charge is 2.23. The van der Waals surface area contributed by atoms with E-state index in [2.05, 4.69) is 10.3 Å². The van der Waals surface area contributed by atoms with E-state index in [1.807, 2.05) is 0 Å². The normalized spacial score (nSPS) is 16.5. The second-order valence-corrected chi connectivity index (χ2v) is 6.91. The molecule has 1 aliphatic rings. The van der Waals surface area contributed by atoms with E-state index in [0.717, 1.165) is 40.6 Å². The van der Waals surface area contributed by atoms with E-state index >= 15 is 0 Å². The van der Waals surface area contributed by atoms with Crippen LogP contribution in [0.5, 0.6) is 0 Å². The Labute approximate surface area is 150 Å². The Kier molecular flexibility index (Phi) is 4.45. The summed E-state index contributed by atoms with van der Waals surface area (Å²) < 4.78 is 26.5. The number of carbonyl (C=O) groups is 1. The molecule has 0 fully saturated rings. The van der Waals surface area contributed by atoms with Crippen LogP contribution < -0.4 is 5.32 Å². The molecule has 1 amide bonds. The first-order chi connectivity index (χ1) is 12.6. The Bertz CT molecular complexity index is 947. The Hall–Kier alpha value is -2.69. The van der Waals surface area contributed by atoms with Crippen LogP contribution in [0.3, 0.4) is 0 Å². The number of aromatic amines is 1. The van der Waals surface area contributed by atoms with Gasteiger partial charge in [-0.3, -0.25) is 4.79 Å². The van der Waals surface area contributed by atoms with Gasteiger partial charge in [0.15, 0.2) is 0 Å². The standard InChI is InChI=1S/C21H20F2N2O/c22-14-4-1-13(2-5-14)3-10-21(26)24-16-7-9-20-18(12-16)17-11-15(23)6-8-19(17)25-20/h1-2,4-6,8,11,16,25H,3,7,9-10,12H2,(H,24,26). The first-order valence-electron chi connectivity index (χ1n) is 8.91. The molecule has 4 rings (SSSR count). The molecule has 0 saturated heterocycles. The molecule has 1 atom stereocenters. The molecule has 26 heavy (non-hydrogen) atoms. The third-order valence-electron chi connectivity index (χ3n) is 5.07. The lowest BCUT2D eigenvalue weighted by Crippen LogP contribution is -2.38. The van der Waals surface area contributed by atoms with Crippen LogP contribution in [0.25, 0.3) is 10.9 Å². The van der Waals surface area contributed by atoms with Gasteiger partial charge in [0.1, 0.15) is 11.6 Å². The van der Waals surface area contributed by atoms with Crippen LogP contribution in [-0.4, -0.2) is 16.9 Å². The topological polar surface area (TPSA) is 44.9 Å². The van der Waals surface area contributed by atoms with Gasteiger partial charge >= 0.3 is 0 Å². The maximum atomic E-state index is 13.6. The van der Waals surface area contributed by atoms with E-state index in [4.69, 9.17) is 0 Å². The Morgan fingerprint density at radius 1 is 1.12 bits per heavy atom. The number of fused-ring (bicyclic) bond motifs is 3. The first kappa shape index (κ1) is 16.8. The number of halogens is 2. The molecule has 134 valence electrons. The average Bonchev–Trinajstić information content (AvgIpc) is 2.98. The fraction of sp³-hybridized carbons (Fsp3) is 0.286. The van der Waals surface area contributed by atoms with Gasteiger partial charge in [0.25, 0.3) is 0 Å². The van der Waals surface area contributed by atoms with Crippen molar-refractivity contribution in [2.75, 3.05) is 0 Å². The van der Waals surface area contributed by atoms with Crippen LogP contribution in [0.1, 0.15) is 29.7 Å². The number of aryl methyl sites for hydroxylation is 2. The quantitative estimate of drug-likeness (QED) is 0.729. The number of carbonyl (C=O) groups excluding carboxylic acids is 1. The first-order valence-corrected chi connectivity index (χ1v) is 8.91. The molecule has 1 aliphatic carbocycles. The van der Waals surface area contributed by atoms with E-state index in [1.165, 1.54) is 18.2 Å². The van der Waals surface area contributed by atoms with Crippen LogP contribution in [0.15, 0.2) is 42.5 Å². The van der Waals surface area contributed by atoms with Gasteiger partial charge in [0.05, 0.1) is 0 Å². The van der Waals surface area contributed by atoms with Crippen LogP contribution in [0, 0.1) is 11.6 Å². The zero-order valence-electron chi connectivity index (χ0n) is 14.3. The summed E-state index contributed by atoms with van der Waals surface area (Å²) in [7, 11) is 0. The molecule has 1 unspecified atom stereocenters. The molecule has 3 nitrogen and oxygen atoms in total. The molecule has 0 spiro atoms. The SMILES string of the molecule is O=C(CCc1ccc(F)cc1)NC1CCc2[nH]c3ccc(F)cc3c2C1. The molecule has 0 radical (unpaired) electrons. The van der Waals surface area contributed by atoms with Crippen molar-refractivity contribution in [1.29, 1.82) is 0 Å². The zero-order valence-corrected chi connectivity index (χ0v) is 14.3. The summed E-state index contributed by atoms with van der Waals surface area (Å²) in [5, 5.41) is 4.00. The van der Waals surface area contributed by atoms with E-state index < -0.39 is 0 Å². The van der Waals surface area contributed by atoms with Crippen molar-refractivity contribution in [3.63, 3.8) is 0 Å². The van der Waals surface area contributed by atoms with Gasteiger partial charge in [0, 0.05) is 29.1 Å². The highest BCUT2D eigenvalue weighted by atomic mass is 19.1. The van der Waals surface area contributed by atoms with Crippen molar-refractivity contribution in [2.45, 2.75) is 38.1 Å². The van der Waals surface area contributed by atoms with Crippen LogP contribution in [0.2, 0.25) is 0 Å². The summed E-state index contributed by atoms with van der Waals surface area (Å²) in [4.78, 5) is 15.6. The Morgan fingerprint density at radius 2 is 1.88 bits per heavy atom. The Balaban J connectivity index is 1.39. The number of aromatic nitrogens is 1. The van der Waals surface area contributed by atoms with Gasteiger partial charge in [-0.15, -0.1) is 0 Å². The number of hydrogen-bond acceptors (Lipinski definition) is 1. The maximum Gasteiger partial charge on any atom is 0.220 e. The van der Waals surface area contributed by atoms with Gasteiger partial charge in [-0.25, -0.2) is 8.78 Å². The average molecular weight is 354 g/mol. The molecule has 3 aromatic rings. The summed E-state index contributed by atoms with van der Waals surface area (Å²) >= 11 is 0. The summed E-state index contributed by atoms with van der Waals surface area (Å²) in [5.74, 6) is -0.523. The minimum absolute atomic E-state index is 0.00574. The van der Waals surface area contributed by atoms with Crippen molar-refractivity contribution in [2.24, 2.45) is 0 Å². The van der Waals surface area contributed by atoms with E-state index in [9.17, 15) is 13.6 Å². The molecule has 2 aromatic carbocycles. The van der Waals surface area contributed by atoms with Crippen molar-refractivity contribution >= 4 is 16.8 Å². The molecule has 5 heteroatoms. The number of hydrogen-bond donors (Lipinski definition) is 2. The highest BCUT2D eigenvalue weighted by molar-refractivity contribution is 5.85. The van der Waals surface area contributed by atoms with Gasteiger partial charge in [0.2, 0.25) is 5.91 Å². The predicted octanol–water partition coefficient (Wildman–Crippen LogP) is 4.05. The maximum absolute atomic E-state index is 13.6. The van der Waals surface area contributed by atoms with Crippen molar-refractivity contribution in [1.82, 2.24) is 10.3 Å². The number of nitrogens with one attached hydrogen (secondary N) is 2. The second kappa shape index (κ2) is 6.90. The van der Waals surface area contributed by atoms with Gasteiger partial charge in [-0.05, 0) is 67.1 Å². The highest BCUT2D eigenvalue weighted by Crippen LogP contribution is 2.29. The fourth-order valence-electron chi connectivity index (χ4n) is 3.72. The van der Waals surface area contributed by atoms with Crippen LogP contribution in [0.4, 0.5) is 8.78 Å². The molecule has 1 aromatic heterocycles. The van der Waals surface area contributed by atoms with Gasteiger partial charge in [-0.2, -0.15) is 0 Å². The lowest BCUT2D eigenvalue weighted by atomic mass is 9.91. The minimum Gasteiger partial charge on any atom is -0.358 e. The van der Waals surface area contributed by atoms with E-state index in [0.29, 0.717) is 19.3 Å². The summed E-state index contributed by atoms with van der Waals surface area (Å²) in [6, 6.07) is 11.1. The molecular formula is C21H20F2N2O. The number of benzene rings is 2. The zero-order chi connectivity index (χ0) is 18.1. The molecule has 0 aliphatic heterocycles. The summed E-state index contributed by atoms with van der Waals surface area (Å²) in [6.07, 6.45) is 3.38. The summed E-state index contributed by atoms with van der Waals surface area (Å²) in [6.45, 7) is 0. The monoisotopic (exact) mass is 354 g/mol. The van der Waals surface area contributed by atoms with E-state index in [-0.39, 0.29) is 23.6 Å². The molecular weight excluding hydrogens is 334 g/mol. The smallest absolute Gasteiger partial charge is 0.220 e. The fourth-order valence-corrected chi connectivity index (χ4v) is 3.72. The lowest BCUT2D eigenvalue weighted by molar-refractivity contribution is -0.121. The summed E-state index contributed by atoms with van der Waals surface area (Å²) in [5.41, 5.74) is 4.14. The molecule has 2 N–H and O–H groups in total. The van der Waals surface area contributed by atoms with E-state index in [1.54, 1.807) is 24.3 Å². The van der Waals surface area contributed by atoms with Gasteiger partial charge < -0.3 is 10.3 Å². The van der Waals surface area contributed by atoms with Crippen LogP contribution >= 0.6 is 0 Å². The number of rotatable bonds is 4. The minimum atomic E-state index is -0.272. The number of H-pyrrole nitrogens is 1. The molecule has 1 heterocycles. The Morgan fingerprint density at radius 3 is 2.69 bits per heavy atom. The second-order valence-electron chi connectivity index (χ2n) is 6.91. The van der Waals surface area contributed by atoms with Crippen molar-refractivity contribution in [3.05, 3.63) is 70.9 Å². The van der Waals surface area contributed by atoms with Crippen LogP contribution in [-0.2, 0) is 24.1 Å². The molecule has 0 bridgehead atoms. The van der Waals surface area contributed by atoms with Gasteiger partial charge in [-0.1, -0.05) is 12.1 Å².